The van der Waals surface area contributed by atoms with Gasteiger partial charge in [0, 0.05) is 17.6 Å². The molecule has 0 aromatic heterocycles. The molecule has 0 aliphatic carbocycles. The van der Waals surface area contributed by atoms with Crippen LogP contribution < -0.4 is 5.32 Å². The second-order valence-electron chi connectivity index (χ2n) is 7.43. The van der Waals surface area contributed by atoms with E-state index in [0.717, 1.165) is 16.5 Å². The summed E-state index contributed by atoms with van der Waals surface area (Å²) in [4.78, 5) is 39.7. The van der Waals surface area contributed by atoms with E-state index in [1.54, 1.807) is 25.1 Å². The summed E-state index contributed by atoms with van der Waals surface area (Å²) in [6, 6.07) is 12.2. The zero-order chi connectivity index (χ0) is 23.5. The molecular formula is C22H24BrN3O5S. The Morgan fingerprint density at radius 2 is 1.78 bits per heavy atom. The average molecular weight is 522 g/mol. The number of amides is 3. The quantitative estimate of drug-likeness (QED) is 0.574. The lowest BCUT2D eigenvalue weighted by molar-refractivity contribution is -0.140. The maximum atomic E-state index is 13.3. The fourth-order valence-electron chi connectivity index (χ4n) is 3.37. The molecule has 1 N–H and O–H groups in total. The second-order valence-corrected chi connectivity index (χ2v) is 10.2. The van der Waals surface area contributed by atoms with Crippen LogP contribution in [0.2, 0.25) is 0 Å². The van der Waals surface area contributed by atoms with Crippen molar-refractivity contribution in [3.8, 4) is 0 Å². The molecule has 0 radical (unpaired) electrons. The Morgan fingerprint density at radius 1 is 1.12 bits per heavy atom. The van der Waals surface area contributed by atoms with Gasteiger partial charge in [-0.15, -0.1) is 0 Å². The molecule has 3 rings (SSSR count). The van der Waals surface area contributed by atoms with Crippen LogP contribution in [-0.4, -0.2) is 54.5 Å². The summed E-state index contributed by atoms with van der Waals surface area (Å²) in [6.07, 6.45) is 0.734. The molecule has 0 spiro atoms. The standard InChI is InChI=1S/C22H24BrN3O5S/c1-3-12-24-21(28)15(2)25(13-16-8-10-17(23)11-9-16)20(27)14-26-22(29)18-6-4-5-7-19(18)32(26,30)31/h4-11,15H,3,12-14H2,1-2H3,(H,24,28)/t15-/m0/s1. The highest BCUT2D eigenvalue weighted by Crippen LogP contribution is 2.30. The van der Waals surface area contributed by atoms with Gasteiger partial charge in [-0.25, -0.2) is 12.7 Å². The van der Waals surface area contributed by atoms with Crippen molar-refractivity contribution in [2.24, 2.45) is 0 Å². The molecule has 1 aliphatic rings. The highest BCUT2D eigenvalue weighted by molar-refractivity contribution is 9.10. The molecule has 0 saturated carbocycles. The fraction of sp³-hybridized carbons (Fsp3) is 0.318. The average Bonchev–Trinajstić information content (AvgIpc) is 2.97. The number of rotatable bonds is 8. The normalized spacial score (nSPS) is 15.2. The molecule has 2 aromatic carbocycles. The predicted molar refractivity (Wildman–Crippen MR) is 122 cm³/mol. The zero-order valence-corrected chi connectivity index (χ0v) is 20.1. The molecule has 0 saturated heterocycles. The Bertz CT molecular complexity index is 1130. The second kappa shape index (κ2) is 9.83. The maximum Gasteiger partial charge on any atom is 0.269 e. The van der Waals surface area contributed by atoms with Crippen molar-refractivity contribution in [1.82, 2.24) is 14.5 Å². The molecule has 0 bridgehead atoms. The van der Waals surface area contributed by atoms with Crippen molar-refractivity contribution in [2.75, 3.05) is 13.1 Å². The third kappa shape index (κ3) is 4.86. The highest BCUT2D eigenvalue weighted by Gasteiger charge is 2.43. The summed E-state index contributed by atoms with van der Waals surface area (Å²) in [5.41, 5.74) is 0.795. The van der Waals surface area contributed by atoms with E-state index >= 15 is 0 Å². The van der Waals surface area contributed by atoms with Gasteiger partial charge in [-0.1, -0.05) is 47.1 Å². The van der Waals surface area contributed by atoms with E-state index in [-0.39, 0.29) is 22.9 Å². The van der Waals surface area contributed by atoms with E-state index in [4.69, 9.17) is 0 Å². The summed E-state index contributed by atoms with van der Waals surface area (Å²) in [6.45, 7) is 3.35. The Hall–Kier alpha value is -2.72. The zero-order valence-electron chi connectivity index (χ0n) is 17.7. The van der Waals surface area contributed by atoms with Gasteiger partial charge in [-0.2, -0.15) is 0 Å². The number of nitrogens with one attached hydrogen (secondary N) is 1. The van der Waals surface area contributed by atoms with Gasteiger partial charge in [0.1, 0.15) is 17.5 Å². The molecule has 1 heterocycles. The van der Waals surface area contributed by atoms with Gasteiger partial charge in [0.05, 0.1) is 5.56 Å². The molecular weight excluding hydrogens is 498 g/mol. The molecule has 3 amide bonds. The Morgan fingerprint density at radius 3 is 2.41 bits per heavy atom. The van der Waals surface area contributed by atoms with Gasteiger partial charge in [-0.05, 0) is 43.2 Å². The Labute approximate surface area is 195 Å². The van der Waals surface area contributed by atoms with Crippen molar-refractivity contribution in [3.05, 3.63) is 64.1 Å². The van der Waals surface area contributed by atoms with Crippen molar-refractivity contribution < 1.29 is 22.8 Å². The molecule has 1 aliphatic heterocycles. The minimum Gasteiger partial charge on any atom is -0.354 e. The number of sulfonamides is 1. The van der Waals surface area contributed by atoms with E-state index < -0.39 is 34.4 Å². The van der Waals surface area contributed by atoms with Crippen LogP contribution in [0, 0.1) is 0 Å². The molecule has 1 atom stereocenters. The lowest BCUT2D eigenvalue weighted by Gasteiger charge is -2.30. The van der Waals surface area contributed by atoms with Crippen LogP contribution in [-0.2, 0) is 26.2 Å². The smallest absolute Gasteiger partial charge is 0.269 e. The minimum absolute atomic E-state index is 0.0356. The number of hydrogen-bond donors (Lipinski definition) is 1. The highest BCUT2D eigenvalue weighted by atomic mass is 79.9. The van der Waals surface area contributed by atoms with Gasteiger partial charge < -0.3 is 10.2 Å². The van der Waals surface area contributed by atoms with Gasteiger partial charge >= 0.3 is 0 Å². The van der Waals surface area contributed by atoms with Crippen molar-refractivity contribution in [2.45, 2.75) is 37.8 Å². The number of nitrogens with zero attached hydrogens (tertiary/aromatic N) is 2. The molecule has 32 heavy (non-hydrogen) atoms. The molecule has 2 aromatic rings. The number of benzene rings is 2. The van der Waals surface area contributed by atoms with Gasteiger partial charge in [-0.3, -0.25) is 14.4 Å². The minimum atomic E-state index is -4.13. The van der Waals surface area contributed by atoms with Crippen molar-refractivity contribution in [1.29, 1.82) is 0 Å². The number of halogens is 1. The van der Waals surface area contributed by atoms with Crippen LogP contribution in [0.3, 0.4) is 0 Å². The molecule has 170 valence electrons. The van der Waals surface area contributed by atoms with Gasteiger partial charge in [0.25, 0.3) is 15.9 Å². The number of fused-ring (bicyclic) bond motifs is 1. The largest absolute Gasteiger partial charge is 0.354 e. The fourth-order valence-corrected chi connectivity index (χ4v) is 5.15. The molecule has 0 unspecified atom stereocenters. The summed E-state index contributed by atoms with van der Waals surface area (Å²) < 4.78 is 27.1. The van der Waals surface area contributed by atoms with E-state index in [1.165, 1.54) is 23.1 Å². The molecule has 10 heteroatoms. The summed E-state index contributed by atoms with van der Waals surface area (Å²) in [5, 5.41) is 2.76. The van der Waals surface area contributed by atoms with Gasteiger partial charge in [0.15, 0.2) is 0 Å². The Balaban J connectivity index is 1.87. The van der Waals surface area contributed by atoms with Gasteiger partial charge in [0.2, 0.25) is 11.8 Å². The summed E-state index contributed by atoms with van der Waals surface area (Å²) >= 11 is 3.36. The van der Waals surface area contributed by atoms with Crippen molar-refractivity contribution >= 4 is 43.7 Å². The monoisotopic (exact) mass is 521 g/mol. The molecule has 8 nitrogen and oxygen atoms in total. The van der Waals surface area contributed by atoms with E-state index in [1.807, 2.05) is 19.1 Å². The van der Waals surface area contributed by atoms with Crippen LogP contribution in [0.5, 0.6) is 0 Å². The number of carbonyl (C=O) groups excluding carboxylic acids is 3. The lowest BCUT2D eigenvalue weighted by Crippen LogP contribution is -2.51. The lowest BCUT2D eigenvalue weighted by atomic mass is 10.1. The first kappa shape index (κ1) is 23.9. The number of carbonyl (C=O) groups is 3. The Kier molecular flexibility index (Phi) is 7.35. The van der Waals surface area contributed by atoms with Crippen LogP contribution >= 0.6 is 15.9 Å². The maximum absolute atomic E-state index is 13.3. The summed E-state index contributed by atoms with van der Waals surface area (Å²) in [7, 11) is -4.13. The van der Waals surface area contributed by atoms with E-state index in [0.29, 0.717) is 10.8 Å². The van der Waals surface area contributed by atoms with Crippen LogP contribution in [0.15, 0.2) is 57.9 Å². The SMILES string of the molecule is CCCNC(=O)[C@H](C)N(Cc1ccc(Br)cc1)C(=O)CN1C(=O)c2ccccc2S1(=O)=O. The predicted octanol–water partition coefficient (Wildman–Crippen LogP) is 2.54. The first-order valence-electron chi connectivity index (χ1n) is 10.1. The van der Waals surface area contributed by atoms with E-state index in [9.17, 15) is 22.8 Å². The topological polar surface area (TPSA) is 104 Å². The third-order valence-corrected chi connectivity index (χ3v) is 7.49. The van der Waals surface area contributed by atoms with Crippen molar-refractivity contribution in [3.63, 3.8) is 0 Å². The van der Waals surface area contributed by atoms with Crippen LogP contribution in [0.25, 0.3) is 0 Å². The number of hydrogen-bond acceptors (Lipinski definition) is 5. The first-order chi connectivity index (χ1) is 15.2. The summed E-state index contributed by atoms with van der Waals surface area (Å²) in [5.74, 6) is -1.74. The first-order valence-corrected chi connectivity index (χ1v) is 12.4. The molecule has 0 fully saturated rings. The van der Waals surface area contributed by atoms with Crippen LogP contribution in [0.4, 0.5) is 0 Å². The van der Waals surface area contributed by atoms with Crippen LogP contribution in [0.1, 0.15) is 36.2 Å². The van der Waals surface area contributed by atoms with E-state index in [2.05, 4.69) is 21.2 Å². The third-order valence-electron chi connectivity index (χ3n) is 5.17.